The van der Waals surface area contributed by atoms with Crippen molar-refractivity contribution in [3.8, 4) is 28.7 Å². The molecule has 2 amide bonds. The van der Waals surface area contributed by atoms with Gasteiger partial charge in [0, 0.05) is 41.9 Å². The normalized spacial score (nSPS) is 12.6. The number of nitrogens with one attached hydrogen (secondary N) is 2. The maximum absolute atomic E-state index is 15.6. The molecule has 15 heteroatoms. The molecular formula is C42H40FN5O9. The number of rotatable bonds is 14. The van der Waals surface area contributed by atoms with Gasteiger partial charge in [-0.15, -0.1) is 0 Å². The third kappa shape index (κ3) is 8.27. The van der Waals surface area contributed by atoms with E-state index in [-0.39, 0.29) is 35.8 Å². The first-order chi connectivity index (χ1) is 27.3. The maximum Gasteiger partial charge on any atom is 0.408 e. The molecule has 2 atom stereocenters. The number of aromatic nitrogens is 3. The zero-order valence-electron chi connectivity index (χ0n) is 31.7. The predicted octanol–water partition coefficient (Wildman–Crippen LogP) is 7.10. The van der Waals surface area contributed by atoms with Gasteiger partial charge in [-0.3, -0.25) is 19.3 Å². The number of nitrogens with zero attached hydrogens (tertiary/aromatic N) is 3. The van der Waals surface area contributed by atoms with Gasteiger partial charge in [0.2, 0.25) is 0 Å². The molecule has 0 bridgehead atoms. The zero-order valence-corrected chi connectivity index (χ0v) is 31.7. The number of pyridine rings is 1. The summed E-state index contributed by atoms with van der Waals surface area (Å²) in [4.78, 5) is 57.8. The summed E-state index contributed by atoms with van der Waals surface area (Å²) in [6.07, 6.45) is 0.562. The van der Waals surface area contributed by atoms with Gasteiger partial charge in [0.25, 0.3) is 11.5 Å². The second-order valence-electron chi connectivity index (χ2n) is 13.3. The zero-order chi connectivity index (χ0) is 40.9. The van der Waals surface area contributed by atoms with E-state index >= 15 is 4.39 Å². The van der Waals surface area contributed by atoms with Crippen molar-refractivity contribution < 1.29 is 42.8 Å². The molecule has 0 saturated carbocycles. The molecule has 4 aromatic carbocycles. The van der Waals surface area contributed by atoms with Crippen molar-refractivity contribution in [2.75, 3.05) is 19.5 Å². The summed E-state index contributed by atoms with van der Waals surface area (Å²) in [5.74, 6) is -2.79. The van der Waals surface area contributed by atoms with Crippen molar-refractivity contribution in [1.82, 2.24) is 19.7 Å². The molecule has 57 heavy (non-hydrogen) atoms. The van der Waals surface area contributed by atoms with Crippen LogP contribution >= 0.6 is 0 Å². The topological polar surface area (TPSA) is 172 Å². The van der Waals surface area contributed by atoms with Crippen LogP contribution in [0, 0.1) is 18.7 Å². The number of alkyl carbamates (subject to hydrolysis) is 1. The Balaban J connectivity index is 1.25. The lowest BCUT2D eigenvalue weighted by molar-refractivity contribution is -0.146. The number of hydrogen-bond donors (Lipinski definition) is 3. The first-order valence-electron chi connectivity index (χ1n) is 17.7. The van der Waals surface area contributed by atoms with E-state index < -0.39 is 40.8 Å². The quantitative estimate of drug-likeness (QED) is 0.104. The lowest BCUT2D eigenvalue weighted by Gasteiger charge is -2.33. The highest BCUT2D eigenvalue weighted by molar-refractivity contribution is 6.05. The fourth-order valence-electron chi connectivity index (χ4n) is 6.27. The number of halogens is 1. The standard InChI is InChI=1S/C42H40FN5O9/c1-25(42(3,40(51)52)46-41(53)56-24-27-12-8-6-9-13-27)23-47-26(2)37(39(50)48(47)29-14-10-7-11-15-29)38(49)45-28-16-17-34(31(43)20-28)57-33-18-19-44-32-22-36(55-5)35(54-4)21-30(32)33/h6-22,25H,23-24H2,1-5H3,(H,45,49)(H,46,53)(H,51,52)/t25-,42+/m1/s1. The van der Waals surface area contributed by atoms with E-state index in [0.29, 0.717) is 39.4 Å². The van der Waals surface area contributed by atoms with Gasteiger partial charge >= 0.3 is 12.1 Å². The van der Waals surface area contributed by atoms with Crippen molar-refractivity contribution in [2.45, 2.75) is 39.5 Å². The van der Waals surface area contributed by atoms with Crippen molar-refractivity contribution in [2.24, 2.45) is 5.92 Å². The predicted molar refractivity (Wildman–Crippen MR) is 209 cm³/mol. The summed E-state index contributed by atoms with van der Waals surface area (Å²) in [5, 5.41) is 16.0. The number of hydrogen-bond acceptors (Lipinski definition) is 9. The van der Waals surface area contributed by atoms with Crippen molar-refractivity contribution in [3.63, 3.8) is 0 Å². The number of methoxy groups -OCH3 is 2. The lowest BCUT2D eigenvalue weighted by atomic mass is 9.87. The number of amides is 2. The SMILES string of the molecule is COc1cc2nccc(Oc3ccc(NC(=O)c4c(C)n(C[C@@H](C)[C@](C)(NC(=O)OCc5ccccc5)C(=O)O)n(-c5ccccc5)c4=O)cc3F)c2cc1OC. The maximum atomic E-state index is 15.6. The van der Waals surface area contributed by atoms with E-state index in [0.717, 1.165) is 6.07 Å². The van der Waals surface area contributed by atoms with Gasteiger partial charge in [0.1, 0.15) is 23.5 Å². The van der Waals surface area contributed by atoms with Crippen molar-refractivity contribution in [1.29, 1.82) is 0 Å². The second kappa shape index (κ2) is 16.7. The molecule has 6 aromatic rings. The van der Waals surface area contributed by atoms with Crippen LogP contribution in [0.2, 0.25) is 0 Å². The number of aliphatic carboxylic acids is 1. The minimum absolute atomic E-state index is 0.0405. The number of benzene rings is 4. The number of carbonyl (C=O) groups excluding carboxylic acids is 2. The molecule has 0 aliphatic carbocycles. The highest BCUT2D eigenvalue weighted by atomic mass is 19.1. The molecule has 0 aliphatic heterocycles. The summed E-state index contributed by atoms with van der Waals surface area (Å²) >= 11 is 0. The third-order valence-corrected chi connectivity index (χ3v) is 9.69. The van der Waals surface area contributed by atoms with Crippen LogP contribution < -0.4 is 30.4 Å². The Morgan fingerprint density at radius 1 is 0.895 bits per heavy atom. The molecule has 0 radical (unpaired) electrons. The van der Waals surface area contributed by atoms with E-state index in [1.54, 1.807) is 86.6 Å². The number of ether oxygens (including phenoxy) is 4. The third-order valence-electron chi connectivity index (χ3n) is 9.69. The van der Waals surface area contributed by atoms with Crippen LogP contribution in [-0.2, 0) is 22.7 Å². The molecule has 0 spiro atoms. The fraction of sp³-hybridized carbons (Fsp3) is 0.214. The first-order valence-corrected chi connectivity index (χ1v) is 17.7. The molecule has 0 aliphatic rings. The van der Waals surface area contributed by atoms with Gasteiger partial charge < -0.3 is 34.7 Å². The number of carbonyl (C=O) groups is 3. The van der Waals surface area contributed by atoms with Gasteiger partial charge in [-0.05, 0) is 55.8 Å². The van der Waals surface area contributed by atoms with E-state index in [1.165, 1.54) is 48.8 Å². The number of fused-ring (bicyclic) bond motifs is 1. The number of carboxylic acid groups (broad SMARTS) is 1. The van der Waals surface area contributed by atoms with Crippen molar-refractivity contribution >= 4 is 34.6 Å². The Morgan fingerprint density at radius 2 is 1.56 bits per heavy atom. The Hall–Kier alpha value is -7.16. The number of para-hydroxylation sites is 1. The molecule has 0 saturated heterocycles. The van der Waals surface area contributed by atoms with Gasteiger partial charge in [-0.25, -0.2) is 18.7 Å². The Morgan fingerprint density at radius 3 is 2.21 bits per heavy atom. The molecule has 0 fully saturated rings. The van der Waals surface area contributed by atoms with Gasteiger partial charge in [-0.1, -0.05) is 55.5 Å². The molecular weight excluding hydrogens is 737 g/mol. The van der Waals surface area contributed by atoms with Gasteiger partial charge in [0.05, 0.1) is 31.1 Å². The molecule has 294 valence electrons. The summed E-state index contributed by atoms with van der Waals surface area (Å²) < 4.78 is 40.3. The van der Waals surface area contributed by atoms with Crippen LogP contribution in [0.1, 0.15) is 35.5 Å². The molecule has 14 nitrogen and oxygen atoms in total. The van der Waals surface area contributed by atoms with E-state index in [9.17, 15) is 24.3 Å². The van der Waals surface area contributed by atoms with Gasteiger partial charge in [0.15, 0.2) is 23.1 Å². The molecule has 2 heterocycles. The largest absolute Gasteiger partial charge is 0.493 e. The van der Waals surface area contributed by atoms with E-state index in [2.05, 4.69) is 15.6 Å². The summed E-state index contributed by atoms with van der Waals surface area (Å²) in [6.45, 7) is 4.28. The van der Waals surface area contributed by atoms with Crippen LogP contribution in [0.4, 0.5) is 14.9 Å². The van der Waals surface area contributed by atoms with Crippen LogP contribution in [0.3, 0.4) is 0 Å². The van der Waals surface area contributed by atoms with E-state index in [1.807, 2.05) is 6.07 Å². The van der Waals surface area contributed by atoms with Crippen LogP contribution in [0.15, 0.2) is 108 Å². The Bertz CT molecular complexity index is 2510. The van der Waals surface area contributed by atoms with Crippen molar-refractivity contribution in [3.05, 3.63) is 136 Å². The van der Waals surface area contributed by atoms with Crippen LogP contribution in [0.5, 0.6) is 23.0 Å². The molecule has 0 unspecified atom stereocenters. The summed E-state index contributed by atoms with van der Waals surface area (Å²) in [5.41, 5.74) is -0.948. The highest BCUT2D eigenvalue weighted by Gasteiger charge is 2.42. The lowest BCUT2D eigenvalue weighted by Crippen LogP contribution is -2.57. The van der Waals surface area contributed by atoms with Crippen LogP contribution in [0.25, 0.3) is 16.6 Å². The second-order valence-corrected chi connectivity index (χ2v) is 13.3. The summed E-state index contributed by atoms with van der Waals surface area (Å²) in [7, 11) is 2.99. The Kier molecular flexibility index (Phi) is 11.6. The van der Waals surface area contributed by atoms with Gasteiger partial charge in [-0.2, -0.15) is 0 Å². The number of anilines is 1. The van der Waals surface area contributed by atoms with Crippen LogP contribution in [-0.4, -0.2) is 57.2 Å². The first kappa shape index (κ1) is 39.5. The summed E-state index contributed by atoms with van der Waals surface area (Å²) in [6, 6.07) is 26.1. The van der Waals surface area contributed by atoms with E-state index in [4.69, 9.17) is 18.9 Å². The minimum Gasteiger partial charge on any atom is -0.493 e. The highest BCUT2D eigenvalue weighted by Crippen LogP contribution is 2.37. The molecule has 3 N–H and O–H groups in total. The minimum atomic E-state index is -1.87. The smallest absolute Gasteiger partial charge is 0.408 e. The average molecular weight is 778 g/mol. The molecule has 6 rings (SSSR count). The number of carboxylic acids is 1. The monoisotopic (exact) mass is 777 g/mol. The fourth-order valence-corrected chi connectivity index (χ4v) is 6.27. The Labute approximate surface area is 326 Å². The average Bonchev–Trinajstić information content (AvgIpc) is 3.45. The molecule has 2 aromatic heterocycles.